The van der Waals surface area contributed by atoms with Gasteiger partial charge in [-0.2, -0.15) is 35.5 Å². The van der Waals surface area contributed by atoms with Crippen LogP contribution in [0.5, 0.6) is 0 Å². The van der Waals surface area contributed by atoms with Gasteiger partial charge >= 0.3 is 99.5 Å². The molecule has 0 fully saturated rings. The molecule has 0 radical (unpaired) electrons. The van der Waals surface area contributed by atoms with Gasteiger partial charge in [-0.05, 0) is 12.8 Å². The first-order chi connectivity index (χ1) is 19.7. The number of allylic oxidation sites excluding steroid dienone is 8. The average Bonchev–Trinajstić information content (AvgIpc) is 3.78. The van der Waals surface area contributed by atoms with Crippen molar-refractivity contribution in [2.24, 2.45) is 0 Å². The van der Waals surface area contributed by atoms with Gasteiger partial charge in [0.1, 0.15) is 0 Å². The Labute approximate surface area is 280 Å². The van der Waals surface area contributed by atoms with Gasteiger partial charge in [0.05, 0.1) is 0 Å². The summed E-state index contributed by atoms with van der Waals surface area (Å²) in [6.07, 6.45) is 19.4. The van der Waals surface area contributed by atoms with Gasteiger partial charge in [0.25, 0.3) is 0 Å². The summed E-state index contributed by atoms with van der Waals surface area (Å²) in [6, 6.07) is 39.1. The van der Waals surface area contributed by atoms with Crippen molar-refractivity contribution in [3.05, 3.63) is 168 Å². The van der Waals surface area contributed by atoms with Crippen LogP contribution in [0.2, 0.25) is 0 Å². The van der Waals surface area contributed by atoms with Crippen molar-refractivity contribution in [2.45, 2.75) is 39.5 Å². The summed E-state index contributed by atoms with van der Waals surface area (Å²) in [4.78, 5) is 0. The molecule has 0 unspecified atom stereocenters. The molecule has 0 N–H and O–H groups in total. The number of hydrogen-bond acceptors (Lipinski definition) is 0. The van der Waals surface area contributed by atoms with Gasteiger partial charge in [0.15, 0.2) is 0 Å². The summed E-state index contributed by atoms with van der Waals surface area (Å²) < 4.78 is 0. The molecule has 212 valence electrons. The fourth-order valence-corrected chi connectivity index (χ4v) is 9.48. The maximum atomic E-state index is 3.33. The van der Waals surface area contributed by atoms with E-state index in [-0.39, 0.29) is 24.8 Å². The predicted molar refractivity (Wildman–Crippen MR) is 170 cm³/mol. The van der Waals surface area contributed by atoms with E-state index in [0.29, 0.717) is 0 Å². The molecule has 0 nitrogen and oxygen atoms in total. The zero-order valence-corrected chi connectivity index (χ0v) is 30.4. The van der Waals surface area contributed by atoms with Crippen molar-refractivity contribution < 1.29 is 47.8 Å². The second-order valence-corrected chi connectivity index (χ2v) is 16.9. The van der Waals surface area contributed by atoms with Gasteiger partial charge in [-0.25, -0.2) is 0 Å². The zero-order valence-electron chi connectivity index (χ0n) is 24.3. The molecule has 0 spiro atoms. The van der Waals surface area contributed by atoms with E-state index in [1.807, 2.05) is 0 Å². The summed E-state index contributed by atoms with van der Waals surface area (Å²) in [5.74, 6) is 0. The number of benzene rings is 4. The summed E-state index contributed by atoms with van der Waals surface area (Å²) in [6.45, 7) is 4.36. The Balaban J connectivity index is 0.000000215. The van der Waals surface area contributed by atoms with Crippen molar-refractivity contribution in [3.63, 3.8) is 0 Å². The van der Waals surface area contributed by atoms with Gasteiger partial charge in [-0.1, -0.05) is 62.1 Å². The Morgan fingerprint density at radius 2 is 0.976 bits per heavy atom. The molecule has 0 bridgehead atoms. The fraction of sp³-hybridized carbons (Fsp3) is 0.158. The van der Waals surface area contributed by atoms with Gasteiger partial charge in [0.2, 0.25) is 0 Å². The Bertz CT molecular complexity index is 1400. The molecule has 0 aromatic heterocycles. The van der Waals surface area contributed by atoms with E-state index in [0.717, 1.165) is 25.7 Å². The molecule has 0 aliphatic heterocycles. The first-order valence-electron chi connectivity index (χ1n) is 14.1. The van der Waals surface area contributed by atoms with Crippen molar-refractivity contribution >= 4 is 27.0 Å². The Hall–Kier alpha value is -2.49. The van der Waals surface area contributed by atoms with E-state index in [9.17, 15) is 0 Å². The number of aryl methyl sites for hydroxylation is 2. The zero-order chi connectivity index (χ0) is 28.0. The van der Waals surface area contributed by atoms with E-state index < -0.39 is 5.49 Å². The predicted octanol–water partition coefficient (Wildman–Crippen LogP) is 2.14. The van der Waals surface area contributed by atoms with Crippen LogP contribution in [0, 0.1) is 12.2 Å². The molecule has 0 heterocycles. The van der Waals surface area contributed by atoms with Crippen molar-refractivity contribution in [3.8, 4) is 0 Å². The summed E-state index contributed by atoms with van der Waals surface area (Å²) in [5.41, 5.74) is 7.47. The standard InChI is InChI=1S/2C13H13.C12H10Si.2ClH.Hf/c2*1-2-11-6-5-9-13(10-11)12-7-3-4-8-12;1-3-7-11(8-4-1)13-12-9-5-2-6-10-12;;;/h2*3,5-7,9-10H,2,4H2,1H3;1-10H;2*1H;/q2*-1;;;;+2/p-2. The third kappa shape index (κ3) is 11.0. The fourth-order valence-electron chi connectivity index (χ4n) is 4.50. The molecular weight excluding hydrogens is 734 g/mol. The Kier molecular flexibility index (Phi) is 16.7. The SMILES string of the molecule is CCc1cccc(C2=[C-]CC=C2)c1.CCc1cccc(C2=[C-]CC=C2)c1.[Cl-].[Cl-].[Hf+2]=[Si](c1ccccc1)c1ccccc1. The van der Waals surface area contributed by atoms with Crippen LogP contribution < -0.4 is 35.2 Å². The third-order valence-corrected chi connectivity index (χ3v) is 14.9. The number of halogens is 2. The topological polar surface area (TPSA) is 0 Å². The van der Waals surface area contributed by atoms with Crippen LogP contribution in [-0.4, -0.2) is 5.49 Å². The molecule has 0 saturated heterocycles. The number of hydrogen-bond donors (Lipinski definition) is 0. The maximum absolute atomic E-state index is 3.33. The molecule has 4 heteroatoms. The molecule has 0 atom stereocenters. The molecule has 4 aromatic rings. The van der Waals surface area contributed by atoms with Crippen LogP contribution >= 0.6 is 0 Å². The van der Waals surface area contributed by atoms with Crippen molar-refractivity contribution in [1.29, 1.82) is 0 Å². The van der Waals surface area contributed by atoms with E-state index in [1.165, 1.54) is 66.8 Å². The van der Waals surface area contributed by atoms with Crippen LogP contribution in [0.3, 0.4) is 0 Å². The van der Waals surface area contributed by atoms with Crippen LogP contribution in [0.4, 0.5) is 0 Å². The molecule has 42 heavy (non-hydrogen) atoms. The van der Waals surface area contributed by atoms with Gasteiger partial charge in [-0.3, -0.25) is 0 Å². The van der Waals surface area contributed by atoms with Crippen molar-refractivity contribution in [2.75, 3.05) is 0 Å². The quantitative estimate of drug-likeness (QED) is 0.209. The normalized spacial score (nSPS) is 12.4. The molecule has 6 rings (SSSR count). The Morgan fingerprint density at radius 3 is 1.31 bits per heavy atom. The van der Waals surface area contributed by atoms with E-state index in [4.69, 9.17) is 0 Å². The van der Waals surface area contributed by atoms with Crippen LogP contribution in [0.25, 0.3) is 11.1 Å². The molecule has 0 amide bonds. The summed E-state index contributed by atoms with van der Waals surface area (Å²) in [5, 5.41) is 3.07. The molecule has 4 aromatic carbocycles. The second-order valence-electron chi connectivity index (χ2n) is 9.61. The molecule has 0 saturated carbocycles. The van der Waals surface area contributed by atoms with Crippen LogP contribution in [0.15, 0.2) is 133 Å². The summed E-state index contributed by atoms with van der Waals surface area (Å²) >= 11 is 1.27. The minimum absolute atomic E-state index is 0. The summed E-state index contributed by atoms with van der Waals surface area (Å²) in [7, 11) is 0. The van der Waals surface area contributed by atoms with E-state index in [1.54, 1.807) is 0 Å². The monoisotopic (exact) mass is 770 g/mol. The minimum atomic E-state index is -0.406. The van der Waals surface area contributed by atoms with E-state index >= 15 is 0 Å². The van der Waals surface area contributed by atoms with Gasteiger partial charge < -0.3 is 24.8 Å². The first kappa shape index (κ1) is 35.7. The third-order valence-electron chi connectivity index (χ3n) is 6.81. The molecule has 2 aliphatic rings. The molecular formula is C38H36Cl2HfSi-2. The number of rotatable bonds is 6. The Morgan fingerprint density at radius 1 is 0.571 bits per heavy atom. The van der Waals surface area contributed by atoms with Gasteiger partial charge in [0, 0.05) is 0 Å². The van der Waals surface area contributed by atoms with Crippen molar-refractivity contribution in [1.82, 2.24) is 0 Å². The molecule has 2 aliphatic carbocycles. The van der Waals surface area contributed by atoms with Crippen LogP contribution in [0.1, 0.15) is 48.9 Å². The van der Waals surface area contributed by atoms with Gasteiger partial charge in [-0.15, -0.1) is 47.5 Å². The average molecular weight is 770 g/mol. The first-order valence-corrected chi connectivity index (χ1v) is 21.0. The van der Waals surface area contributed by atoms with E-state index in [2.05, 4.69) is 159 Å². The second kappa shape index (κ2) is 19.6. The van der Waals surface area contributed by atoms with Crippen LogP contribution in [-0.2, 0) is 35.8 Å².